The lowest BCUT2D eigenvalue weighted by atomic mass is 10.2. The summed E-state index contributed by atoms with van der Waals surface area (Å²) in [6, 6.07) is 15.3. The predicted molar refractivity (Wildman–Crippen MR) is 89.2 cm³/mol. The molecule has 0 saturated heterocycles. The maximum absolute atomic E-state index is 5.78. The number of nitrogens with one attached hydrogen (secondary N) is 1. The lowest BCUT2D eigenvalue weighted by molar-refractivity contribution is 0.171. The molecule has 2 aromatic carbocycles. The van der Waals surface area contributed by atoms with Gasteiger partial charge in [0.1, 0.15) is 19.3 Å². The highest BCUT2D eigenvalue weighted by molar-refractivity contribution is 5.56. The molecule has 24 heavy (non-hydrogen) atoms. The molecule has 122 valence electrons. The van der Waals surface area contributed by atoms with Gasteiger partial charge in [0.2, 0.25) is 11.8 Å². The molecule has 0 amide bonds. The van der Waals surface area contributed by atoms with Crippen LogP contribution in [0.3, 0.4) is 0 Å². The summed E-state index contributed by atoms with van der Waals surface area (Å²) >= 11 is 0. The summed E-state index contributed by atoms with van der Waals surface area (Å²) in [5.74, 6) is 2.56. The van der Waals surface area contributed by atoms with E-state index >= 15 is 0 Å². The van der Waals surface area contributed by atoms with E-state index in [1.807, 2.05) is 55.5 Å². The molecule has 6 heteroatoms. The Morgan fingerprint density at radius 2 is 1.75 bits per heavy atom. The van der Waals surface area contributed by atoms with E-state index in [0.29, 0.717) is 25.0 Å². The number of fused-ring (bicyclic) bond motifs is 1. The number of anilines is 1. The molecule has 0 saturated carbocycles. The Kier molecular flexibility index (Phi) is 3.78. The zero-order valence-electron chi connectivity index (χ0n) is 13.2. The smallest absolute Gasteiger partial charge is 0.247 e. The van der Waals surface area contributed by atoms with Gasteiger partial charge in [0.15, 0.2) is 11.5 Å². The quantitative estimate of drug-likeness (QED) is 0.790. The van der Waals surface area contributed by atoms with Crippen molar-refractivity contribution in [2.75, 3.05) is 18.5 Å². The van der Waals surface area contributed by atoms with E-state index < -0.39 is 0 Å². The molecule has 1 atom stereocenters. The van der Waals surface area contributed by atoms with Crippen molar-refractivity contribution < 1.29 is 13.9 Å². The maximum Gasteiger partial charge on any atom is 0.247 e. The number of rotatable bonds is 4. The second kappa shape index (κ2) is 6.23. The minimum atomic E-state index is -0.127. The zero-order valence-corrected chi connectivity index (χ0v) is 13.2. The Balaban J connectivity index is 1.50. The summed E-state index contributed by atoms with van der Waals surface area (Å²) in [7, 11) is 0. The van der Waals surface area contributed by atoms with Crippen molar-refractivity contribution in [3.8, 4) is 23.0 Å². The molecule has 4 rings (SSSR count). The fourth-order valence-corrected chi connectivity index (χ4v) is 2.55. The summed E-state index contributed by atoms with van der Waals surface area (Å²) in [6.07, 6.45) is 0. The van der Waals surface area contributed by atoms with Crippen molar-refractivity contribution >= 4 is 5.69 Å². The SMILES string of the molecule is C[C@@H](Nc1ccc2c(c1)OCCO2)c1nnc(-c2ccccc2)o1. The van der Waals surface area contributed by atoms with Crippen molar-refractivity contribution in [3.63, 3.8) is 0 Å². The van der Waals surface area contributed by atoms with Crippen molar-refractivity contribution in [1.29, 1.82) is 0 Å². The highest BCUT2D eigenvalue weighted by atomic mass is 16.6. The minimum Gasteiger partial charge on any atom is -0.486 e. The van der Waals surface area contributed by atoms with Crippen LogP contribution in [0.15, 0.2) is 52.9 Å². The molecule has 0 radical (unpaired) electrons. The summed E-state index contributed by atoms with van der Waals surface area (Å²) in [5, 5.41) is 11.6. The van der Waals surface area contributed by atoms with Gasteiger partial charge in [-0.15, -0.1) is 10.2 Å². The Bertz CT molecular complexity index is 833. The highest BCUT2D eigenvalue weighted by Gasteiger charge is 2.17. The van der Waals surface area contributed by atoms with Crippen molar-refractivity contribution in [3.05, 3.63) is 54.4 Å². The third-order valence-corrected chi connectivity index (χ3v) is 3.76. The number of ether oxygens (including phenoxy) is 2. The normalized spacial score (nSPS) is 14.2. The molecule has 3 aromatic rings. The number of nitrogens with zero attached hydrogens (tertiary/aromatic N) is 2. The molecule has 0 aliphatic carbocycles. The number of hydrogen-bond donors (Lipinski definition) is 1. The first-order chi connectivity index (χ1) is 11.8. The van der Waals surface area contributed by atoms with Crippen LogP contribution in [0, 0.1) is 0 Å². The topological polar surface area (TPSA) is 69.4 Å². The van der Waals surface area contributed by atoms with Crippen LogP contribution in [-0.4, -0.2) is 23.4 Å². The van der Waals surface area contributed by atoms with Gasteiger partial charge in [0, 0.05) is 17.3 Å². The third-order valence-electron chi connectivity index (χ3n) is 3.76. The van der Waals surface area contributed by atoms with Crippen LogP contribution >= 0.6 is 0 Å². The van der Waals surface area contributed by atoms with Gasteiger partial charge in [-0.2, -0.15) is 0 Å². The first-order valence-electron chi connectivity index (χ1n) is 7.84. The summed E-state index contributed by atoms with van der Waals surface area (Å²) in [5.41, 5.74) is 1.81. The molecule has 6 nitrogen and oxygen atoms in total. The Hall–Kier alpha value is -3.02. The largest absolute Gasteiger partial charge is 0.486 e. The summed E-state index contributed by atoms with van der Waals surface area (Å²) in [6.45, 7) is 3.12. The summed E-state index contributed by atoms with van der Waals surface area (Å²) < 4.78 is 16.9. The molecular formula is C18H17N3O3. The Morgan fingerprint density at radius 3 is 2.58 bits per heavy atom. The second-order valence-electron chi connectivity index (χ2n) is 5.54. The third kappa shape index (κ3) is 2.90. The Labute approximate surface area is 139 Å². The number of benzene rings is 2. The average Bonchev–Trinajstić information content (AvgIpc) is 3.13. The number of hydrogen-bond acceptors (Lipinski definition) is 6. The molecule has 1 aromatic heterocycles. The van der Waals surface area contributed by atoms with Crippen LogP contribution in [0.25, 0.3) is 11.5 Å². The fourth-order valence-electron chi connectivity index (χ4n) is 2.55. The molecule has 1 aliphatic rings. The fraction of sp³-hybridized carbons (Fsp3) is 0.222. The van der Waals surface area contributed by atoms with Crippen molar-refractivity contribution in [2.45, 2.75) is 13.0 Å². The zero-order chi connectivity index (χ0) is 16.4. The van der Waals surface area contributed by atoms with E-state index in [9.17, 15) is 0 Å². The van der Waals surface area contributed by atoms with Crippen LogP contribution in [0.2, 0.25) is 0 Å². The summed E-state index contributed by atoms with van der Waals surface area (Å²) in [4.78, 5) is 0. The van der Waals surface area contributed by atoms with E-state index in [4.69, 9.17) is 13.9 Å². The van der Waals surface area contributed by atoms with Crippen LogP contribution in [-0.2, 0) is 0 Å². The van der Waals surface area contributed by atoms with Crippen molar-refractivity contribution in [1.82, 2.24) is 10.2 Å². The standard InChI is InChI=1S/C18H17N3O3/c1-12(17-20-21-18(24-17)13-5-3-2-4-6-13)19-14-7-8-15-16(11-14)23-10-9-22-15/h2-8,11-12,19H,9-10H2,1H3/t12-/m1/s1. The van der Waals surface area contributed by atoms with E-state index in [1.54, 1.807) is 0 Å². The maximum atomic E-state index is 5.78. The molecule has 1 N–H and O–H groups in total. The first kappa shape index (κ1) is 14.6. The minimum absolute atomic E-state index is 0.127. The van der Waals surface area contributed by atoms with Gasteiger partial charge in [-0.25, -0.2) is 0 Å². The van der Waals surface area contributed by atoms with E-state index in [2.05, 4.69) is 15.5 Å². The van der Waals surface area contributed by atoms with E-state index in [-0.39, 0.29) is 6.04 Å². The second-order valence-corrected chi connectivity index (χ2v) is 5.54. The molecule has 0 unspecified atom stereocenters. The number of aromatic nitrogens is 2. The van der Waals surface area contributed by atoms with Crippen LogP contribution < -0.4 is 14.8 Å². The van der Waals surface area contributed by atoms with Gasteiger partial charge in [0.05, 0.1) is 0 Å². The Morgan fingerprint density at radius 1 is 0.958 bits per heavy atom. The van der Waals surface area contributed by atoms with Gasteiger partial charge in [-0.05, 0) is 31.2 Å². The molecule has 0 bridgehead atoms. The van der Waals surface area contributed by atoms with Gasteiger partial charge >= 0.3 is 0 Å². The lowest BCUT2D eigenvalue weighted by Gasteiger charge is -2.20. The first-order valence-corrected chi connectivity index (χ1v) is 7.84. The van der Waals surface area contributed by atoms with Crippen LogP contribution in [0.5, 0.6) is 11.5 Å². The van der Waals surface area contributed by atoms with Crippen molar-refractivity contribution in [2.24, 2.45) is 0 Å². The van der Waals surface area contributed by atoms with Crippen LogP contribution in [0.4, 0.5) is 5.69 Å². The average molecular weight is 323 g/mol. The van der Waals surface area contributed by atoms with E-state index in [0.717, 1.165) is 22.7 Å². The molecular weight excluding hydrogens is 306 g/mol. The highest BCUT2D eigenvalue weighted by Crippen LogP contribution is 2.33. The van der Waals surface area contributed by atoms with Gasteiger partial charge in [0.25, 0.3) is 0 Å². The van der Waals surface area contributed by atoms with Gasteiger partial charge in [-0.1, -0.05) is 18.2 Å². The lowest BCUT2D eigenvalue weighted by Crippen LogP contribution is -2.15. The van der Waals surface area contributed by atoms with Gasteiger partial charge < -0.3 is 19.2 Å². The molecule has 1 aliphatic heterocycles. The van der Waals surface area contributed by atoms with Crippen LogP contribution in [0.1, 0.15) is 18.9 Å². The molecule has 2 heterocycles. The van der Waals surface area contributed by atoms with E-state index in [1.165, 1.54) is 0 Å². The molecule has 0 spiro atoms. The predicted octanol–water partition coefficient (Wildman–Crippen LogP) is 3.68. The monoisotopic (exact) mass is 323 g/mol. The molecule has 0 fully saturated rings. The van der Waals surface area contributed by atoms with Gasteiger partial charge in [-0.3, -0.25) is 0 Å².